The van der Waals surface area contributed by atoms with Crippen LogP contribution in [0.15, 0.2) is 59.5 Å². The van der Waals surface area contributed by atoms with Crippen LogP contribution in [-0.4, -0.2) is 72.1 Å². The number of imide groups is 1. The highest BCUT2D eigenvalue weighted by Gasteiger charge is 2.47. The summed E-state index contributed by atoms with van der Waals surface area (Å²) in [6, 6.07) is 10.1. The molecule has 2 aromatic carbocycles. The van der Waals surface area contributed by atoms with Crippen LogP contribution in [0.1, 0.15) is 84.7 Å². The van der Waals surface area contributed by atoms with Crippen LogP contribution in [0.5, 0.6) is 0 Å². The molecule has 2 N–H and O–H groups in total. The van der Waals surface area contributed by atoms with E-state index in [1.54, 1.807) is 30.5 Å². The lowest BCUT2D eigenvalue weighted by atomic mass is 9.83. The SMILES string of the molecule is [C-]#[N+]c1cc2nn(C3CCC(CN4CCC(c5cccc6c5n(C)c(=O)n6C5CCC(=O)NC5=O)C(F)(F)C4)CC3)cc2cc1NC(=O)c1cccc(C(F)(F)F)n1. The highest BCUT2D eigenvalue weighted by molar-refractivity contribution is 6.06. The number of imidazole rings is 1. The van der Waals surface area contributed by atoms with E-state index in [2.05, 4.69) is 25.6 Å². The number of likely N-dealkylation sites (tertiary alicyclic amines) is 1. The number of hydrogen-bond donors (Lipinski definition) is 2. The van der Waals surface area contributed by atoms with Crippen LogP contribution in [0.4, 0.5) is 33.3 Å². The lowest BCUT2D eigenvalue weighted by molar-refractivity contribution is -0.141. The molecule has 8 rings (SSSR count). The normalized spacial score (nSPS) is 22.8. The van der Waals surface area contributed by atoms with Gasteiger partial charge in [-0.3, -0.25) is 38.4 Å². The van der Waals surface area contributed by atoms with Crippen molar-refractivity contribution in [3.05, 3.63) is 93.6 Å². The Kier molecular flexibility index (Phi) is 9.90. The topological polar surface area (TPSA) is 141 Å². The van der Waals surface area contributed by atoms with Crippen LogP contribution in [0.2, 0.25) is 0 Å². The number of piperidine rings is 2. The van der Waals surface area contributed by atoms with Crippen LogP contribution in [-0.2, 0) is 22.8 Å². The van der Waals surface area contributed by atoms with Gasteiger partial charge in [0.1, 0.15) is 17.4 Å². The number of hydrogen-bond acceptors (Lipinski definition) is 7. The van der Waals surface area contributed by atoms with Crippen molar-refractivity contribution in [2.75, 3.05) is 25.0 Å². The first-order valence-corrected chi connectivity index (χ1v) is 19.0. The molecule has 5 heterocycles. The predicted octanol–water partition coefficient (Wildman–Crippen LogP) is 6.74. The number of benzene rings is 2. The molecule has 0 radical (unpaired) electrons. The third kappa shape index (κ3) is 7.23. The minimum absolute atomic E-state index is 0.0131. The summed E-state index contributed by atoms with van der Waals surface area (Å²) in [6.07, 6.45) is 0.500. The Morgan fingerprint density at radius 3 is 2.50 bits per heavy atom. The molecule has 0 bridgehead atoms. The van der Waals surface area contributed by atoms with Gasteiger partial charge in [-0.1, -0.05) is 18.2 Å². The number of nitrogens with one attached hydrogen (secondary N) is 2. The summed E-state index contributed by atoms with van der Waals surface area (Å²) in [7, 11) is 1.51. The van der Waals surface area contributed by atoms with Gasteiger partial charge in [-0.05, 0) is 86.9 Å². The molecule has 0 spiro atoms. The van der Waals surface area contributed by atoms with E-state index < -0.39 is 65.4 Å². The number of aromatic nitrogens is 5. The molecule has 2 aliphatic heterocycles. The number of anilines is 1. The monoisotopic (exact) mass is 803 g/mol. The number of carbonyl (C=O) groups is 3. The number of para-hydroxylation sites is 1. The molecule has 3 aromatic heterocycles. The molecule has 1 aliphatic carbocycles. The highest BCUT2D eigenvalue weighted by Crippen LogP contribution is 2.44. The Morgan fingerprint density at radius 2 is 1.79 bits per heavy atom. The molecule has 58 heavy (non-hydrogen) atoms. The number of pyridine rings is 1. The first kappa shape index (κ1) is 38.9. The molecule has 3 aliphatic rings. The van der Waals surface area contributed by atoms with Crippen molar-refractivity contribution in [1.29, 1.82) is 0 Å². The zero-order chi connectivity index (χ0) is 41.1. The first-order valence-electron chi connectivity index (χ1n) is 19.0. The summed E-state index contributed by atoms with van der Waals surface area (Å²) in [5, 5.41) is 10.1. The Labute approximate surface area is 327 Å². The maximum atomic E-state index is 16.1. The summed E-state index contributed by atoms with van der Waals surface area (Å²) in [4.78, 5) is 59.4. The summed E-state index contributed by atoms with van der Waals surface area (Å²) in [6.45, 7) is 8.12. The van der Waals surface area contributed by atoms with Crippen LogP contribution in [0, 0.1) is 12.5 Å². The predicted molar refractivity (Wildman–Crippen MR) is 202 cm³/mol. The molecule has 2 unspecified atom stereocenters. The van der Waals surface area contributed by atoms with Crippen molar-refractivity contribution in [3.8, 4) is 0 Å². The number of carbonyl (C=O) groups excluding carboxylic acids is 3. The number of aryl methyl sites for hydroxylation is 1. The molecular formula is C40H38F5N9O4. The van der Waals surface area contributed by atoms with Gasteiger partial charge >= 0.3 is 11.9 Å². The molecule has 5 aromatic rings. The van der Waals surface area contributed by atoms with Gasteiger partial charge in [0.2, 0.25) is 17.5 Å². The maximum absolute atomic E-state index is 16.1. The van der Waals surface area contributed by atoms with Crippen molar-refractivity contribution in [2.45, 2.75) is 75.0 Å². The van der Waals surface area contributed by atoms with E-state index in [1.807, 2.05) is 9.58 Å². The van der Waals surface area contributed by atoms with Crippen molar-refractivity contribution >= 4 is 51.0 Å². The standard InChI is InChI=1S/C40H38F5N9O4/c1-46-29-18-28-23(17-30(29)48-36(56)27-6-4-8-33(47-27)40(43,44)45)20-53(50-28)24-11-9-22(10-12-24)19-52-16-15-26(39(41,42)21-52)25-5-3-7-31-35(25)51(2)38(58)54(31)32-13-14-34(55)49-37(32)57/h3-8,17-18,20,22,24,26,32H,9-16,19,21H2,2H3,(H,48,56)(H,49,55,57). The highest BCUT2D eigenvalue weighted by atomic mass is 19.4. The second-order valence-corrected chi connectivity index (χ2v) is 15.4. The summed E-state index contributed by atoms with van der Waals surface area (Å²) in [5.74, 6) is -5.96. The Morgan fingerprint density at radius 1 is 1.03 bits per heavy atom. The second kappa shape index (κ2) is 14.8. The van der Waals surface area contributed by atoms with E-state index in [-0.39, 0.29) is 42.6 Å². The van der Waals surface area contributed by atoms with Crippen molar-refractivity contribution in [1.82, 2.24) is 34.1 Å². The fourth-order valence-corrected chi connectivity index (χ4v) is 8.85. The van der Waals surface area contributed by atoms with Crippen LogP contribution < -0.4 is 16.3 Å². The summed E-state index contributed by atoms with van der Waals surface area (Å²) < 4.78 is 76.2. The van der Waals surface area contributed by atoms with Crippen LogP contribution in [0.3, 0.4) is 0 Å². The smallest absolute Gasteiger partial charge is 0.330 e. The summed E-state index contributed by atoms with van der Waals surface area (Å²) in [5.41, 5.74) is -0.382. The number of fused-ring (bicyclic) bond motifs is 2. The quantitative estimate of drug-likeness (QED) is 0.106. The molecule has 2 saturated heterocycles. The number of alkyl halides is 5. The Balaban J connectivity index is 0.910. The molecule has 3 amide bonds. The molecule has 2 atom stereocenters. The minimum Gasteiger partial charge on any atom is -0.330 e. The molecule has 13 nitrogen and oxygen atoms in total. The van der Waals surface area contributed by atoms with Gasteiger partial charge in [0, 0.05) is 37.3 Å². The lowest BCUT2D eigenvalue weighted by Crippen LogP contribution is -2.49. The third-order valence-electron chi connectivity index (χ3n) is 11.7. The van der Waals surface area contributed by atoms with Gasteiger partial charge in [-0.25, -0.2) is 23.4 Å². The van der Waals surface area contributed by atoms with E-state index in [9.17, 15) is 32.3 Å². The van der Waals surface area contributed by atoms with Gasteiger partial charge in [0.05, 0.1) is 41.6 Å². The second-order valence-electron chi connectivity index (χ2n) is 15.4. The van der Waals surface area contributed by atoms with E-state index in [0.717, 1.165) is 43.9 Å². The molecule has 3 fully saturated rings. The van der Waals surface area contributed by atoms with Gasteiger partial charge in [-0.2, -0.15) is 18.3 Å². The van der Waals surface area contributed by atoms with Gasteiger partial charge in [-0.15, -0.1) is 0 Å². The fraction of sp³-hybridized carbons (Fsp3) is 0.425. The summed E-state index contributed by atoms with van der Waals surface area (Å²) >= 11 is 0. The largest absolute Gasteiger partial charge is 0.433 e. The van der Waals surface area contributed by atoms with E-state index in [0.29, 0.717) is 40.6 Å². The number of rotatable bonds is 7. The van der Waals surface area contributed by atoms with Crippen molar-refractivity contribution < 1.29 is 36.3 Å². The third-order valence-corrected chi connectivity index (χ3v) is 11.7. The molecular weight excluding hydrogens is 765 g/mol. The number of halogens is 5. The number of amides is 3. The zero-order valence-electron chi connectivity index (χ0n) is 31.2. The molecule has 18 heteroatoms. The number of nitrogens with zero attached hydrogens (tertiary/aromatic N) is 7. The Hall–Kier alpha value is -5.96. The first-order chi connectivity index (χ1) is 27.6. The molecule has 302 valence electrons. The maximum Gasteiger partial charge on any atom is 0.433 e. The van der Waals surface area contributed by atoms with E-state index >= 15 is 8.78 Å². The Bertz CT molecular complexity index is 2560. The van der Waals surface area contributed by atoms with Crippen molar-refractivity contribution in [3.63, 3.8) is 0 Å². The molecule has 1 saturated carbocycles. The lowest BCUT2D eigenvalue weighted by Gasteiger charge is -2.41. The van der Waals surface area contributed by atoms with Gasteiger partial charge in [0.15, 0.2) is 0 Å². The van der Waals surface area contributed by atoms with E-state index in [1.165, 1.54) is 22.2 Å². The average Bonchev–Trinajstić information content (AvgIpc) is 3.71. The van der Waals surface area contributed by atoms with Gasteiger partial charge < -0.3 is 5.32 Å². The van der Waals surface area contributed by atoms with Crippen LogP contribution in [0.25, 0.3) is 26.8 Å². The fourth-order valence-electron chi connectivity index (χ4n) is 8.85. The van der Waals surface area contributed by atoms with Crippen molar-refractivity contribution in [2.24, 2.45) is 13.0 Å². The van der Waals surface area contributed by atoms with Gasteiger partial charge in [0.25, 0.3) is 11.8 Å². The average molecular weight is 804 g/mol. The van der Waals surface area contributed by atoms with E-state index in [4.69, 9.17) is 6.57 Å². The zero-order valence-corrected chi connectivity index (χ0v) is 31.2. The van der Waals surface area contributed by atoms with Crippen LogP contribution >= 0.6 is 0 Å². The minimum atomic E-state index is -4.73.